The van der Waals surface area contributed by atoms with E-state index in [2.05, 4.69) is 4.99 Å². The maximum Gasteiger partial charge on any atom is 0.325 e. The predicted molar refractivity (Wildman–Crippen MR) is 105 cm³/mol. The van der Waals surface area contributed by atoms with Crippen LogP contribution in [0.1, 0.15) is 38.5 Å². The minimum Gasteiger partial charge on any atom is -0.475 e. The van der Waals surface area contributed by atoms with Crippen LogP contribution in [0.4, 0.5) is 15.8 Å². The number of anilines is 1. The van der Waals surface area contributed by atoms with Gasteiger partial charge in [-0.1, -0.05) is 0 Å². The summed E-state index contributed by atoms with van der Waals surface area (Å²) in [5.41, 5.74) is -0.0653. The molecule has 152 valence electrons. The molecule has 2 aliphatic heterocycles. The summed E-state index contributed by atoms with van der Waals surface area (Å²) in [7, 11) is 0. The second-order valence-electron chi connectivity index (χ2n) is 8.44. The van der Waals surface area contributed by atoms with Crippen molar-refractivity contribution >= 4 is 28.6 Å². The quantitative estimate of drug-likeness (QED) is 0.772. The van der Waals surface area contributed by atoms with Crippen molar-refractivity contribution in [3.05, 3.63) is 32.4 Å². The van der Waals surface area contributed by atoms with Gasteiger partial charge in [-0.05, 0) is 49.0 Å². The highest BCUT2D eigenvalue weighted by atomic mass is 32.1. The molecule has 1 aromatic carbocycles. The minimum atomic E-state index is -0.788. The maximum absolute atomic E-state index is 14.9. The second-order valence-corrected chi connectivity index (χ2v) is 9.36. The Bertz CT molecular complexity index is 1160. The number of carbonyl (C=O) groups excluding carboxylic acids is 1. The summed E-state index contributed by atoms with van der Waals surface area (Å²) >= 11 is 1.03. The van der Waals surface area contributed by atoms with E-state index >= 15 is 0 Å². The molecule has 29 heavy (non-hydrogen) atoms. The molecule has 0 bridgehead atoms. The molecule has 0 saturated heterocycles. The first kappa shape index (κ1) is 17.4. The maximum atomic E-state index is 14.9. The average Bonchev–Trinajstić information content (AvgIpc) is 3.63. The third-order valence-electron chi connectivity index (χ3n) is 6.21. The second kappa shape index (κ2) is 6.04. The highest BCUT2D eigenvalue weighted by Gasteiger charge is 2.58. The highest BCUT2D eigenvalue weighted by molar-refractivity contribution is 7.06. The Labute approximate surface area is 170 Å². The molecule has 3 heterocycles. The van der Waals surface area contributed by atoms with Crippen LogP contribution in [-0.2, 0) is 17.9 Å². The van der Waals surface area contributed by atoms with Crippen LogP contribution in [0, 0.1) is 11.7 Å². The molecule has 2 fully saturated rings. The van der Waals surface area contributed by atoms with Crippen LogP contribution in [0.3, 0.4) is 0 Å². The summed E-state index contributed by atoms with van der Waals surface area (Å²) in [6.45, 7) is 2.00. The smallest absolute Gasteiger partial charge is 0.325 e. The van der Waals surface area contributed by atoms with E-state index in [9.17, 15) is 14.0 Å². The number of halogens is 1. The summed E-state index contributed by atoms with van der Waals surface area (Å²) in [5, 5.41) is 0. The van der Waals surface area contributed by atoms with Crippen molar-refractivity contribution in [1.29, 1.82) is 0 Å². The molecule has 6 rings (SSSR count). The molecule has 0 N–H and O–H groups in total. The van der Waals surface area contributed by atoms with Gasteiger partial charge in [0.1, 0.15) is 11.4 Å². The van der Waals surface area contributed by atoms with Crippen LogP contribution in [0.15, 0.2) is 21.9 Å². The van der Waals surface area contributed by atoms with Crippen LogP contribution in [0.5, 0.6) is 5.75 Å². The molecular weight excluding hydrogens is 395 g/mol. The van der Waals surface area contributed by atoms with Crippen molar-refractivity contribution in [1.82, 2.24) is 9.36 Å². The SMILES string of the molecule is O=C1N(CC2CC2)c2cc(N=c3sc(=O)n4n3CCCC4)c(F)cc2OC12CC2. The normalized spacial score (nSPS) is 22.4. The van der Waals surface area contributed by atoms with Gasteiger partial charge in [-0.3, -0.25) is 14.3 Å². The van der Waals surface area contributed by atoms with Crippen molar-refractivity contribution in [2.75, 3.05) is 11.4 Å². The van der Waals surface area contributed by atoms with Crippen molar-refractivity contribution < 1.29 is 13.9 Å². The van der Waals surface area contributed by atoms with Crippen LogP contribution >= 0.6 is 11.3 Å². The molecule has 7 nitrogen and oxygen atoms in total. The molecule has 1 aromatic heterocycles. The minimum absolute atomic E-state index is 0.0188. The highest BCUT2D eigenvalue weighted by Crippen LogP contribution is 2.51. The average molecular weight is 416 g/mol. The van der Waals surface area contributed by atoms with E-state index in [1.165, 1.54) is 6.07 Å². The van der Waals surface area contributed by atoms with Gasteiger partial charge in [0, 0.05) is 38.5 Å². The Morgan fingerprint density at radius 2 is 1.93 bits per heavy atom. The number of carbonyl (C=O) groups is 1. The number of amides is 1. The van der Waals surface area contributed by atoms with E-state index in [1.54, 1.807) is 15.6 Å². The fraction of sp³-hybridized carbons (Fsp3) is 0.550. The summed E-state index contributed by atoms with van der Waals surface area (Å²) in [6, 6.07) is 2.95. The Balaban J connectivity index is 1.47. The molecule has 2 saturated carbocycles. The number of ether oxygens (including phenoxy) is 1. The Morgan fingerprint density at radius 1 is 1.17 bits per heavy atom. The van der Waals surface area contributed by atoms with Crippen LogP contribution in [-0.4, -0.2) is 27.4 Å². The van der Waals surface area contributed by atoms with Crippen molar-refractivity contribution in [2.24, 2.45) is 10.9 Å². The van der Waals surface area contributed by atoms with Crippen molar-refractivity contribution in [3.63, 3.8) is 0 Å². The van der Waals surface area contributed by atoms with E-state index in [4.69, 9.17) is 4.74 Å². The van der Waals surface area contributed by atoms with Gasteiger partial charge in [-0.25, -0.2) is 14.1 Å². The molecule has 0 atom stereocenters. The largest absolute Gasteiger partial charge is 0.475 e. The lowest BCUT2D eigenvalue weighted by molar-refractivity contribution is -0.128. The van der Waals surface area contributed by atoms with Gasteiger partial charge in [0.15, 0.2) is 11.4 Å². The van der Waals surface area contributed by atoms with Crippen LogP contribution in [0.25, 0.3) is 0 Å². The summed E-state index contributed by atoms with van der Waals surface area (Å²) in [5.74, 6) is 0.399. The topological polar surface area (TPSA) is 68.8 Å². The van der Waals surface area contributed by atoms with Gasteiger partial charge in [0.2, 0.25) is 4.80 Å². The van der Waals surface area contributed by atoms with E-state index < -0.39 is 11.4 Å². The van der Waals surface area contributed by atoms with E-state index in [1.807, 2.05) is 4.68 Å². The molecule has 0 radical (unpaired) electrons. The zero-order valence-corrected chi connectivity index (χ0v) is 16.7. The molecular formula is C20H21FN4O3S. The first-order valence-corrected chi connectivity index (χ1v) is 11.1. The van der Waals surface area contributed by atoms with E-state index in [0.29, 0.717) is 54.6 Å². The Morgan fingerprint density at radius 3 is 2.66 bits per heavy atom. The van der Waals surface area contributed by atoms with E-state index in [-0.39, 0.29) is 16.5 Å². The van der Waals surface area contributed by atoms with Gasteiger partial charge in [-0.2, -0.15) is 0 Å². The Hall–Kier alpha value is -2.42. The van der Waals surface area contributed by atoms with Crippen molar-refractivity contribution in [3.8, 4) is 5.75 Å². The van der Waals surface area contributed by atoms with Crippen molar-refractivity contribution in [2.45, 2.75) is 57.2 Å². The third kappa shape index (κ3) is 2.78. The first-order chi connectivity index (χ1) is 14.0. The van der Waals surface area contributed by atoms with Crippen LogP contribution < -0.4 is 19.3 Å². The lowest BCUT2D eigenvalue weighted by atomic mass is 10.1. The zero-order chi connectivity index (χ0) is 19.8. The standard InChI is InChI=1S/C20H21FN4O3S/c21-13-9-16-15(23(11-12-3-4-12)17(26)20(28-16)5-6-20)10-14(13)22-18-24-7-1-2-8-25(24)19(27)29-18/h9-10,12H,1-8,11H2. The monoisotopic (exact) mass is 416 g/mol. The summed E-state index contributed by atoms with van der Waals surface area (Å²) < 4.78 is 24.3. The number of hydrogen-bond acceptors (Lipinski definition) is 5. The van der Waals surface area contributed by atoms with Gasteiger partial charge in [0.25, 0.3) is 5.91 Å². The predicted octanol–water partition coefficient (Wildman–Crippen LogP) is 2.54. The molecule has 0 unspecified atom stereocenters. The summed E-state index contributed by atoms with van der Waals surface area (Å²) in [6.07, 6.45) is 5.53. The van der Waals surface area contributed by atoms with Crippen LogP contribution in [0.2, 0.25) is 0 Å². The molecule has 9 heteroatoms. The number of hydrogen-bond donors (Lipinski definition) is 0. The Kier molecular flexibility index (Phi) is 3.63. The van der Waals surface area contributed by atoms with Gasteiger partial charge >= 0.3 is 4.87 Å². The fourth-order valence-corrected chi connectivity index (χ4v) is 5.10. The molecule has 1 amide bonds. The van der Waals surface area contributed by atoms with Gasteiger partial charge in [0.05, 0.1) is 5.69 Å². The van der Waals surface area contributed by atoms with Gasteiger partial charge < -0.3 is 9.64 Å². The number of benzene rings is 1. The number of aromatic nitrogens is 2. The zero-order valence-electron chi connectivity index (χ0n) is 15.9. The molecule has 2 aliphatic carbocycles. The molecule has 2 aromatic rings. The van der Waals surface area contributed by atoms with Gasteiger partial charge in [-0.15, -0.1) is 0 Å². The number of nitrogens with zero attached hydrogens (tertiary/aromatic N) is 4. The fourth-order valence-electron chi connectivity index (χ4n) is 4.21. The third-order valence-corrected chi connectivity index (χ3v) is 7.08. The first-order valence-electron chi connectivity index (χ1n) is 10.2. The number of fused-ring (bicyclic) bond motifs is 2. The molecule has 1 spiro atoms. The lowest BCUT2D eigenvalue weighted by Crippen LogP contribution is -2.48. The number of rotatable bonds is 3. The lowest BCUT2D eigenvalue weighted by Gasteiger charge is -2.35. The summed E-state index contributed by atoms with van der Waals surface area (Å²) in [4.78, 5) is 31.9. The molecule has 4 aliphatic rings. The van der Waals surface area contributed by atoms with E-state index in [0.717, 1.165) is 37.0 Å².